The van der Waals surface area contributed by atoms with Crippen LogP contribution in [0, 0.1) is 0 Å². The number of anilines is 3. The molecule has 3 heterocycles. The number of benzene rings is 2. The quantitative estimate of drug-likeness (QED) is 0.660. The maximum atomic E-state index is 12.7. The van der Waals surface area contributed by atoms with E-state index in [0.29, 0.717) is 37.6 Å². The molecule has 0 unspecified atom stereocenters. The second kappa shape index (κ2) is 8.47. The van der Waals surface area contributed by atoms with Crippen LogP contribution in [0.2, 0.25) is 0 Å². The Morgan fingerprint density at radius 2 is 1.91 bits per heavy atom. The number of hydrogen-bond donors (Lipinski definition) is 2. The van der Waals surface area contributed by atoms with Gasteiger partial charge in [-0.2, -0.15) is 0 Å². The standard InChI is InChI=1S/C24H25N5O3/c1-28-15-21(18-3-2-4-20-19(18)9-10-25-20)27-22(24(28)31)26-17-7-5-16(6-8-17)23(30)29-11-13-32-14-12-29/h2-8,15,25H,9-14H2,1H3,(H,26,27). The summed E-state index contributed by atoms with van der Waals surface area (Å²) in [5, 5.41) is 6.51. The van der Waals surface area contributed by atoms with Crippen molar-refractivity contribution in [2.75, 3.05) is 43.5 Å². The molecule has 2 aromatic carbocycles. The van der Waals surface area contributed by atoms with Gasteiger partial charge in [0.2, 0.25) is 0 Å². The van der Waals surface area contributed by atoms with Crippen molar-refractivity contribution in [1.82, 2.24) is 14.5 Å². The molecule has 1 amide bonds. The van der Waals surface area contributed by atoms with E-state index in [0.717, 1.165) is 29.9 Å². The molecule has 32 heavy (non-hydrogen) atoms. The fraction of sp³-hybridized carbons (Fsp3) is 0.292. The molecule has 0 bridgehead atoms. The van der Waals surface area contributed by atoms with Crippen LogP contribution in [0.4, 0.5) is 17.2 Å². The van der Waals surface area contributed by atoms with Crippen LogP contribution in [0.25, 0.3) is 11.3 Å². The first kappa shape index (κ1) is 20.3. The molecule has 0 spiro atoms. The zero-order valence-corrected chi connectivity index (χ0v) is 17.9. The van der Waals surface area contributed by atoms with Crippen LogP contribution in [-0.4, -0.2) is 53.2 Å². The first-order valence-electron chi connectivity index (χ1n) is 10.8. The van der Waals surface area contributed by atoms with Crippen molar-refractivity contribution in [3.05, 3.63) is 70.1 Å². The summed E-state index contributed by atoms with van der Waals surface area (Å²) in [6.07, 6.45) is 2.70. The maximum absolute atomic E-state index is 12.7. The Kier molecular flexibility index (Phi) is 5.36. The van der Waals surface area contributed by atoms with E-state index < -0.39 is 0 Å². The summed E-state index contributed by atoms with van der Waals surface area (Å²) in [4.78, 5) is 31.8. The summed E-state index contributed by atoms with van der Waals surface area (Å²) in [6, 6.07) is 13.2. The molecule has 0 saturated carbocycles. The number of nitrogens with one attached hydrogen (secondary N) is 2. The Bertz CT molecular complexity index is 1210. The predicted octanol–water partition coefficient (Wildman–Crippen LogP) is 2.63. The van der Waals surface area contributed by atoms with Gasteiger partial charge in [-0.1, -0.05) is 12.1 Å². The Morgan fingerprint density at radius 3 is 2.69 bits per heavy atom. The zero-order valence-electron chi connectivity index (χ0n) is 17.9. The topological polar surface area (TPSA) is 88.5 Å². The fourth-order valence-corrected chi connectivity index (χ4v) is 4.18. The molecule has 1 aromatic heterocycles. The van der Waals surface area contributed by atoms with Gasteiger partial charge in [-0.25, -0.2) is 4.98 Å². The number of rotatable bonds is 4. The van der Waals surface area contributed by atoms with E-state index in [1.807, 2.05) is 12.1 Å². The summed E-state index contributed by atoms with van der Waals surface area (Å²) >= 11 is 0. The van der Waals surface area contributed by atoms with Crippen molar-refractivity contribution in [2.45, 2.75) is 6.42 Å². The van der Waals surface area contributed by atoms with E-state index >= 15 is 0 Å². The molecular formula is C24H25N5O3. The highest BCUT2D eigenvalue weighted by Crippen LogP contribution is 2.32. The highest BCUT2D eigenvalue weighted by Gasteiger charge is 2.19. The van der Waals surface area contributed by atoms with Crippen LogP contribution in [0.5, 0.6) is 0 Å². The third kappa shape index (κ3) is 3.85. The number of nitrogens with zero attached hydrogens (tertiary/aromatic N) is 3. The first-order chi connectivity index (χ1) is 15.6. The van der Waals surface area contributed by atoms with Gasteiger partial charge >= 0.3 is 0 Å². The van der Waals surface area contributed by atoms with Crippen molar-refractivity contribution < 1.29 is 9.53 Å². The highest BCUT2D eigenvalue weighted by atomic mass is 16.5. The van der Waals surface area contributed by atoms with Crippen LogP contribution in [0.3, 0.4) is 0 Å². The minimum atomic E-state index is -0.215. The van der Waals surface area contributed by atoms with Crippen LogP contribution in [0.15, 0.2) is 53.5 Å². The van der Waals surface area contributed by atoms with Gasteiger partial charge in [-0.05, 0) is 42.3 Å². The third-order valence-corrected chi connectivity index (χ3v) is 5.91. The number of aryl methyl sites for hydroxylation is 1. The molecule has 1 fully saturated rings. The largest absolute Gasteiger partial charge is 0.384 e. The lowest BCUT2D eigenvalue weighted by Gasteiger charge is -2.26. The molecule has 164 valence electrons. The minimum absolute atomic E-state index is 0.0116. The van der Waals surface area contributed by atoms with E-state index in [2.05, 4.69) is 21.7 Å². The average molecular weight is 431 g/mol. The molecule has 3 aromatic rings. The summed E-state index contributed by atoms with van der Waals surface area (Å²) in [7, 11) is 1.73. The van der Waals surface area contributed by atoms with E-state index in [4.69, 9.17) is 4.74 Å². The molecule has 2 aliphatic rings. The van der Waals surface area contributed by atoms with Crippen molar-refractivity contribution in [2.24, 2.45) is 7.05 Å². The lowest BCUT2D eigenvalue weighted by molar-refractivity contribution is 0.0303. The predicted molar refractivity (Wildman–Crippen MR) is 124 cm³/mol. The normalized spacial score (nSPS) is 15.2. The van der Waals surface area contributed by atoms with Crippen LogP contribution in [0.1, 0.15) is 15.9 Å². The molecule has 8 heteroatoms. The molecule has 5 rings (SSSR count). The molecule has 0 radical (unpaired) electrons. The first-order valence-corrected chi connectivity index (χ1v) is 10.8. The molecule has 0 atom stereocenters. The van der Waals surface area contributed by atoms with Gasteiger partial charge in [0.05, 0.1) is 18.9 Å². The molecule has 2 N–H and O–H groups in total. The van der Waals surface area contributed by atoms with E-state index in [9.17, 15) is 9.59 Å². The van der Waals surface area contributed by atoms with Crippen molar-refractivity contribution >= 4 is 23.1 Å². The lowest BCUT2D eigenvalue weighted by Crippen LogP contribution is -2.40. The summed E-state index contributed by atoms with van der Waals surface area (Å²) in [5.41, 5.74) is 5.20. The number of aromatic nitrogens is 2. The van der Waals surface area contributed by atoms with Gasteiger partial charge < -0.3 is 24.8 Å². The second-order valence-corrected chi connectivity index (χ2v) is 8.01. The number of morpholine rings is 1. The Hall–Kier alpha value is -3.65. The van der Waals surface area contributed by atoms with Gasteiger partial charge in [0.25, 0.3) is 11.5 Å². The molecular weight excluding hydrogens is 406 g/mol. The zero-order chi connectivity index (χ0) is 22.1. The number of ether oxygens (including phenoxy) is 1. The lowest BCUT2D eigenvalue weighted by atomic mass is 10.0. The molecule has 1 saturated heterocycles. The SMILES string of the molecule is Cn1cc(-c2cccc3c2CCN3)nc(Nc2ccc(C(=O)N3CCOCC3)cc2)c1=O. The van der Waals surface area contributed by atoms with Gasteiger partial charge in [0, 0.05) is 55.4 Å². The van der Waals surface area contributed by atoms with Gasteiger partial charge in [-0.15, -0.1) is 0 Å². The number of hydrogen-bond acceptors (Lipinski definition) is 6. The summed E-state index contributed by atoms with van der Waals surface area (Å²) in [6.45, 7) is 3.24. The molecule has 2 aliphatic heterocycles. The number of carbonyl (C=O) groups is 1. The van der Waals surface area contributed by atoms with E-state index in [-0.39, 0.29) is 17.3 Å². The van der Waals surface area contributed by atoms with Gasteiger partial charge in [0.15, 0.2) is 5.82 Å². The maximum Gasteiger partial charge on any atom is 0.293 e. The Balaban J connectivity index is 1.40. The van der Waals surface area contributed by atoms with Crippen molar-refractivity contribution in [3.63, 3.8) is 0 Å². The number of carbonyl (C=O) groups excluding carboxylic acids is 1. The summed E-state index contributed by atoms with van der Waals surface area (Å²) < 4.78 is 6.86. The van der Waals surface area contributed by atoms with Crippen LogP contribution >= 0.6 is 0 Å². The van der Waals surface area contributed by atoms with Crippen molar-refractivity contribution in [3.8, 4) is 11.3 Å². The van der Waals surface area contributed by atoms with Gasteiger partial charge in [0.1, 0.15) is 0 Å². The highest BCUT2D eigenvalue weighted by molar-refractivity contribution is 5.94. The average Bonchev–Trinajstić information content (AvgIpc) is 3.31. The Morgan fingerprint density at radius 1 is 1.12 bits per heavy atom. The fourth-order valence-electron chi connectivity index (χ4n) is 4.18. The second-order valence-electron chi connectivity index (χ2n) is 8.01. The monoisotopic (exact) mass is 431 g/mol. The molecule has 0 aliphatic carbocycles. The number of fused-ring (bicyclic) bond motifs is 1. The van der Waals surface area contributed by atoms with Crippen LogP contribution < -0.4 is 16.2 Å². The van der Waals surface area contributed by atoms with Crippen molar-refractivity contribution in [1.29, 1.82) is 0 Å². The number of amides is 1. The minimum Gasteiger partial charge on any atom is -0.384 e. The third-order valence-electron chi connectivity index (χ3n) is 5.91. The van der Waals surface area contributed by atoms with E-state index in [1.54, 1.807) is 47.0 Å². The van der Waals surface area contributed by atoms with E-state index in [1.165, 1.54) is 5.56 Å². The smallest absolute Gasteiger partial charge is 0.293 e. The summed E-state index contributed by atoms with van der Waals surface area (Å²) in [5.74, 6) is 0.239. The molecule has 8 nitrogen and oxygen atoms in total. The Labute approximate surface area is 185 Å². The van der Waals surface area contributed by atoms with Crippen LogP contribution in [-0.2, 0) is 18.2 Å². The van der Waals surface area contributed by atoms with Gasteiger partial charge in [-0.3, -0.25) is 9.59 Å².